The number of aliphatic carboxylic acids is 1. The molecule has 0 fully saturated rings. The molecule has 0 saturated carbocycles. The molecule has 0 unspecified atom stereocenters. The van der Waals surface area contributed by atoms with Gasteiger partial charge in [0.1, 0.15) is 5.54 Å². The zero-order valence-electron chi connectivity index (χ0n) is 10.9. The van der Waals surface area contributed by atoms with Gasteiger partial charge in [-0.15, -0.1) is 0 Å². The van der Waals surface area contributed by atoms with Crippen LogP contribution in [-0.2, 0) is 4.79 Å². The number of nitrogens with one attached hydrogen (secondary N) is 1. The number of carbonyl (C=O) groups excluding carboxylic acids is 1. The van der Waals surface area contributed by atoms with Gasteiger partial charge in [0.15, 0.2) is 0 Å². The van der Waals surface area contributed by atoms with Crippen molar-refractivity contribution in [2.24, 2.45) is 0 Å². The van der Waals surface area contributed by atoms with E-state index >= 15 is 0 Å². The Morgan fingerprint density at radius 3 is 2.24 bits per heavy atom. The van der Waals surface area contributed by atoms with Gasteiger partial charge in [-0.05, 0) is 34.1 Å². The van der Waals surface area contributed by atoms with E-state index in [4.69, 9.17) is 10.2 Å². The molecule has 6 heteroatoms. The summed E-state index contributed by atoms with van der Waals surface area (Å²) in [7, 11) is 0. The van der Waals surface area contributed by atoms with Gasteiger partial charge in [-0.2, -0.15) is 0 Å². The van der Waals surface area contributed by atoms with E-state index in [-0.39, 0.29) is 12.6 Å². The van der Waals surface area contributed by atoms with Crippen LogP contribution in [0.25, 0.3) is 0 Å². The largest absolute Gasteiger partial charge is 0.480 e. The summed E-state index contributed by atoms with van der Waals surface area (Å²) in [5.41, 5.74) is -1.30. The lowest BCUT2D eigenvalue weighted by Crippen LogP contribution is -2.55. The standard InChI is InChI=1S/C11H22N2O4/c1-8(2)13(6-5-7-14)10(17)12-11(3,4)9(15)16/h8,14H,5-7H2,1-4H3,(H,12,17)(H,15,16). The van der Waals surface area contributed by atoms with Crippen LogP contribution in [0.2, 0.25) is 0 Å². The molecule has 2 amide bonds. The lowest BCUT2D eigenvalue weighted by Gasteiger charge is -2.30. The first kappa shape index (κ1) is 15.7. The second kappa shape index (κ2) is 6.44. The lowest BCUT2D eigenvalue weighted by molar-refractivity contribution is -0.143. The zero-order valence-corrected chi connectivity index (χ0v) is 10.9. The van der Waals surface area contributed by atoms with E-state index in [0.29, 0.717) is 13.0 Å². The van der Waals surface area contributed by atoms with Crippen LogP contribution in [0.1, 0.15) is 34.1 Å². The first-order chi connectivity index (χ1) is 7.72. The summed E-state index contributed by atoms with van der Waals surface area (Å²) in [6.07, 6.45) is 0.471. The number of carboxylic acids is 1. The van der Waals surface area contributed by atoms with Gasteiger partial charge in [0.05, 0.1) is 0 Å². The third-order valence-corrected chi connectivity index (χ3v) is 2.40. The molecule has 0 aromatic heterocycles. The Labute approximate surface area is 102 Å². The quantitative estimate of drug-likeness (QED) is 0.642. The highest BCUT2D eigenvalue weighted by molar-refractivity contribution is 5.85. The highest BCUT2D eigenvalue weighted by Crippen LogP contribution is 2.06. The fraction of sp³-hybridized carbons (Fsp3) is 0.818. The van der Waals surface area contributed by atoms with E-state index in [1.54, 1.807) is 0 Å². The van der Waals surface area contributed by atoms with Crippen LogP contribution in [0.15, 0.2) is 0 Å². The molecule has 0 aromatic rings. The predicted octanol–water partition coefficient (Wildman–Crippen LogP) is 0.652. The van der Waals surface area contributed by atoms with Crippen LogP contribution in [-0.4, -0.2) is 51.8 Å². The molecule has 3 N–H and O–H groups in total. The Hall–Kier alpha value is -1.30. The van der Waals surface area contributed by atoms with E-state index < -0.39 is 17.5 Å². The fourth-order valence-electron chi connectivity index (χ4n) is 1.23. The van der Waals surface area contributed by atoms with Crippen LogP contribution < -0.4 is 5.32 Å². The van der Waals surface area contributed by atoms with Gasteiger partial charge in [0.2, 0.25) is 0 Å². The minimum atomic E-state index is -1.30. The van der Waals surface area contributed by atoms with Crippen molar-refractivity contribution in [3.63, 3.8) is 0 Å². The molecular weight excluding hydrogens is 224 g/mol. The van der Waals surface area contributed by atoms with Gasteiger partial charge in [-0.1, -0.05) is 0 Å². The van der Waals surface area contributed by atoms with Gasteiger partial charge in [-0.25, -0.2) is 9.59 Å². The minimum Gasteiger partial charge on any atom is -0.480 e. The van der Waals surface area contributed by atoms with Gasteiger partial charge < -0.3 is 20.4 Å². The monoisotopic (exact) mass is 246 g/mol. The van der Waals surface area contributed by atoms with Gasteiger partial charge >= 0.3 is 12.0 Å². The lowest BCUT2D eigenvalue weighted by atomic mass is 10.1. The van der Waals surface area contributed by atoms with Crippen molar-refractivity contribution in [1.29, 1.82) is 0 Å². The number of hydrogen-bond donors (Lipinski definition) is 3. The molecule has 0 aliphatic carbocycles. The van der Waals surface area contributed by atoms with E-state index in [1.165, 1.54) is 18.7 Å². The third kappa shape index (κ3) is 5.04. The van der Waals surface area contributed by atoms with Gasteiger partial charge in [-0.3, -0.25) is 0 Å². The number of aliphatic hydroxyl groups is 1. The van der Waals surface area contributed by atoms with Crippen molar-refractivity contribution in [1.82, 2.24) is 10.2 Å². The van der Waals surface area contributed by atoms with Crippen LogP contribution in [0.3, 0.4) is 0 Å². The second-order valence-electron chi connectivity index (χ2n) is 4.72. The predicted molar refractivity (Wildman–Crippen MR) is 63.8 cm³/mol. The summed E-state index contributed by atoms with van der Waals surface area (Å²) >= 11 is 0. The normalized spacial score (nSPS) is 11.4. The molecule has 0 bridgehead atoms. The average Bonchev–Trinajstić information content (AvgIpc) is 2.16. The van der Waals surface area contributed by atoms with Crippen LogP contribution in [0.5, 0.6) is 0 Å². The Morgan fingerprint density at radius 2 is 1.88 bits per heavy atom. The first-order valence-corrected chi connectivity index (χ1v) is 5.65. The highest BCUT2D eigenvalue weighted by Gasteiger charge is 2.31. The Bertz CT molecular complexity index is 277. The maximum Gasteiger partial charge on any atom is 0.328 e. The maximum atomic E-state index is 11.9. The topological polar surface area (TPSA) is 89.9 Å². The second-order valence-corrected chi connectivity index (χ2v) is 4.72. The Balaban J connectivity index is 4.58. The van der Waals surface area contributed by atoms with Crippen molar-refractivity contribution in [2.75, 3.05) is 13.2 Å². The zero-order chi connectivity index (χ0) is 13.6. The van der Waals surface area contributed by atoms with Crippen molar-refractivity contribution in [3.8, 4) is 0 Å². The van der Waals surface area contributed by atoms with Crippen molar-refractivity contribution in [2.45, 2.75) is 45.7 Å². The fourth-order valence-corrected chi connectivity index (χ4v) is 1.23. The Morgan fingerprint density at radius 1 is 1.35 bits per heavy atom. The van der Waals surface area contributed by atoms with Crippen LogP contribution in [0.4, 0.5) is 4.79 Å². The number of urea groups is 1. The number of rotatable bonds is 6. The number of carbonyl (C=O) groups is 2. The third-order valence-electron chi connectivity index (χ3n) is 2.40. The van der Waals surface area contributed by atoms with E-state index in [9.17, 15) is 9.59 Å². The first-order valence-electron chi connectivity index (χ1n) is 5.65. The molecule has 0 aromatic carbocycles. The minimum absolute atomic E-state index is 0.00117. The molecule has 0 heterocycles. The molecule has 6 nitrogen and oxygen atoms in total. The molecule has 0 aliphatic heterocycles. The molecule has 0 atom stereocenters. The maximum absolute atomic E-state index is 11.9. The molecule has 100 valence electrons. The SMILES string of the molecule is CC(C)N(CCCO)C(=O)NC(C)(C)C(=O)O. The number of nitrogens with zero attached hydrogens (tertiary/aromatic N) is 1. The van der Waals surface area contributed by atoms with E-state index in [1.807, 2.05) is 13.8 Å². The molecule has 0 aliphatic rings. The summed E-state index contributed by atoms with van der Waals surface area (Å²) in [5, 5.41) is 20.1. The summed E-state index contributed by atoms with van der Waals surface area (Å²) < 4.78 is 0. The van der Waals surface area contributed by atoms with Crippen LogP contribution >= 0.6 is 0 Å². The average molecular weight is 246 g/mol. The van der Waals surface area contributed by atoms with Gasteiger partial charge in [0.25, 0.3) is 0 Å². The smallest absolute Gasteiger partial charge is 0.328 e. The summed E-state index contributed by atoms with van der Waals surface area (Å²) in [4.78, 5) is 24.3. The molecule has 17 heavy (non-hydrogen) atoms. The molecule has 0 spiro atoms. The molecule has 0 radical (unpaired) electrons. The number of aliphatic hydroxyl groups excluding tert-OH is 1. The Kier molecular flexibility index (Phi) is 5.95. The molecule has 0 rings (SSSR count). The van der Waals surface area contributed by atoms with E-state index in [0.717, 1.165) is 0 Å². The number of hydrogen-bond acceptors (Lipinski definition) is 3. The summed E-state index contributed by atoms with van der Waals surface area (Å²) in [5.74, 6) is -1.09. The summed E-state index contributed by atoms with van der Waals surface area (Å²) in [6.45, 7) is 6.93. The van der Waals surface area contributed by atoms with Gasteiger partial charge in [0, 0.05) is 19.2 Å². The van der Waals surface area contributed by atoms with Crippen molar-refractivity contribution >= 4 is 12.0 Å². The number of amides is 2. The van der Waals surface area contributed by atoms with Crippen molar-refractivity contribution in [3.05, 3.63) is 0 Å². The summed E-state index contributed by atoms with van der Waals surface area (Å²) in [6, 6.07) is -0.480. The highest BCUT2D eigenvalue weighted by atomic mass is 16.4. The molecular formula is C11H22N2O4. The van der Waals surface area contributed by atoms with Crippen molar-refractivity contribution < 1.29 is 19.8 Å². The van der Waals surface area contributed by atoms with Crippen LogP contribution in [0, 0.1) is 0 Å². The number of carboxylic acid groups (broad SMARTS) is 1. The van der Waals surface area contributed by atoms with E-state index in [2.05, 4.69) is 5.32 Å². The molecule has 0 saturated heterocycles.